The lowest BCUT2D eigenvalue weighted by Gasteiger charge is -2.40. The number of carbonyl (C=O) groups is 1. The lowest BCUT2D eigenvalue weighted by Crippen LogP contribution is -2.52. The van der Waals surface area contributed by atoms with Gasteiger partial charge >= 0.3 is 0 Å². The molecular weight excluding hydrogens is 392 g/mol. The lowest BCUT2D eigenvalue weighted by molar-refractivity contribution is -0.136. The first-order valence-electron chi connectivity index (χ1n) is 10.9. The minimum absolute atomic E-state index is 0.0689. The van der Waals surface area contributed by atoms with Crippen LogP contribution in [0.2, 0.25) is 0 Å². The molecule has 0 N–H and O–H groups in total. The number of carbonyl (C=O) groups excluding carboxylic acids is 1. The molecule has 1 amide bonds. The standard InChI is InChI=1S/C24H28N4OS/c1-18-5-2-3-7-21(18)26-12-14-27(15-13-26)24(29)19-6-4-11-28(17-19)23-20-9-16-30-22(20)8-10-25-23/h2-3,5,7-10,16,19H,4,6,11-15,17H2,1H3/t19-/m1/s1. The van der Waals surface area contributed by atoms with E-state index in [0.717, 1.165) is 57.9 Å². The van der Waals surface area contributed by atoms with Crippen molar-refractivity contribution in [1.82, 2.24) is 9.88 Å². The van der Waals surface area contributed by atoms with Crippen LogP contribution in [0.1, 0.15) is 18.4 Å². The van der Waals surface area contributed by atoms with E-state index < -0.39 is 0 Å². The van der Waals surface area contributed by atoms with Crippen LogP contribution in [-0.4, -0.2) is 55.1 Å². The Balaban J connectivity index is 1.24. The normalized spacial score (nSPS) is 20.0. The van der Waals surface area contributed by atoms with Crippen LogP contribution in [0.4, 0.5) is 11.5 Å². The van der Waals surface area contributed by atoms with Crippen molar-refractivity contribution in [2.24, 2.45) is 5.92 Å². The molecule has 2 aliphatic rings. The van der Waals surface area contributed by atoms with Gasteiger partial charge in [-0.1, -0.05) is 18.2 Å². The van der Waals surface area contributed by atoms with Crippen LogP contribution in [0, 0.1) is 12.8 Å². The summed E-state index contributed by atoms with van der Waals surface area (Å²) < 4.78 is 1.26. The summed E-state index contributed by atoms with van der Waals surface area (Å²) in [6.45, 7) is 7.34. The molecule has 5 nitrogen and oxygen atoms in total. The molecule has 2 aliphatic heterocycles. The van der Waals surface area contributed by atoms with Crippen molar-refractivity contribution in [1.29, 1.82) is 0 Å². The Morgan fingerprint density at radius 2 is 1.87 bits per heavy atom. The van der Waals surface area contributed by atoms with E-state index in [-0.39, 0.29) is 5.92 Å². The number of pyridine rings is 1. The molecule has 0 radical (unpaired) electrons. The molecule has 0 saturated carbocycles. The van der Waals surface area contributed by atoms with Crippen molar-refractivity contribution in [2.75, 3.05) is 49.1 Å². The van der Waals surface area contributed by atoms with Gasteiger partial charge in [0, 0.05) is 61.2 Å². The van der Waals surface area contributed by atoms with Crippen LogP contribution >= 0.6 is 11.3 Å². The van der Waals surface area contributed by atoms with Crippen LogP contribution < -0.4 is 9.80 Å². The van der Waals surface area contributed by atoms with E-state index in [4.69, 9.17) is 0 Å². The summed E-state index contributed by atoms with van der Waals surface area (Å²) in [4.78, 5) is 24.8. The fraction of sp³-hybridized carbons (Fsp3) is 0.417. The molecule has 30 heavy (non-hydrogen) atoms. The SMILES string of the molecule is Cc1ccccc1N1CCN(C(=O)[C@@H]2CCCN(c3nccc4sccc34)C2)CC1. The van der Waals surface area contributed by atoms with Gasteiger partial charge in [0.15, 0.2) is 0 Å². The zero-order chi connectivity index (χ0) is 20.5. The average Bonchev–Trinajstić information content (AvgIpc) is 3.28. The van der Waals surface area contributed by atoms with E-state index in [1.54, 1.807) is 11.3 Å². The molecule has 6 heteroatoms. The number of rotatable bonds is 3. The maximum Gasteiger partial charge on any atom is 0.227 e. The second-order valence-electron chi connectivity index (χ2n) is 8.35. The number of piperidine rings is 1. The Hall–Kier alpha value is -2.60. The van der Waals surface area contributed by atoms with Gasteiger partial charge in [0.2, 0.25) is 5.91 Å². The van der Waals surface area contributed by atoms with Crippen LogP contribution in [0.15, 0.2) is 48.0 Å². The minimum atomic E-state index is 0.0689. The molecule has 0 unspecified atom stereocenters. The maximum atomic E-state index is 13.3. The number of fused-ring (bicyclic) bond motifs is 1. The summed E-state index contributed by atoms with van der Waals surface area (Å²) in [5.74, 6) is 1.43. The Morgan fingerprint density at radius 3 is 2.70 bits per heavy atom. The van der Waals surface area contributed by atoms with Crippen molar-refractivity contribution < 1.29 is 4.79 Å². The van der Waals surface area contributed by atoms with Gasteiger partial charge in [-0.25, -0.2) is 4.98 Å². The number of hydrogen-bond donors (Lipinski definition) is 0. The molecule has 2 fully saturated rings. The molecule has 2 saturated heterocycles. The summed E-state index contributed by atoms with van der Waals surface area (Å²) in [7, 11) is 0. The Labute approximate surface area is 181 Å². The quantitative estimate of drug-likeness (QED) is 0.638. The third-order valence-corrected chi connectivity index (χ3v) is 7.36. The van der Waals surface area contributed by atoms with Gasteiger partial charge in [-0.05, 0) is 48.9 Å². The number of anilines is 2. The summed E-state index contributed by atoms with van der Waals surface area (Å²) in [6, 6.07) is 12.7. The third kappa shape index (κ3) is 3.65. The molecule has 4 heterocycles. The van der Waals surface area contributed by atoms with Gasteiger partial charge in [-0.15, -0.1) is 11.3 Å². The van der Waals surface area contributed by atoms with Crippen LogP contribution in [-0.2, 0) is 4.79 Å². The van der Waals surface area contributed by atoms with Crippen LogP contribution in [0.25, 0.3) is 10.1 Å². The van der Waals surface area contributed by atoms with Gasteiger partial charge in [-0.3, -0.25) is 4.79 Å². The van der Waals surface area contributed by atoms with Gasteiger partial charge in [0.1, 0.15) is 5.82 Å². The first-order valence-corrected chi connectivity index (χ1v) is 11.8. The summed E-state index contributed by atoms with van der Waals surface area (Å²) in [5, 5.41) is 3.33. The molecule has 0 bridgehead atoms. The van der Waals surface area contributed by atoms with E-state index in [2.05, 4.69) is 68.4 Å². The Kier molecular flexibility index (Phi) is 5.34. The summed E-state index contributed by atoms with van der Waals surface area (Å²) >= 11 is 1.75. The number of amides is 1. The Bertz CT molecular complexity index is 1040. The second-order valence-corrected chi connectivity index (χ2v) is 9.30. The number of piperazine rings is 1. The molecule has 0 spiro atoms. The topological polar surface area (TPSA) is 39.7 Å². The smallest absolute Gasteiger partial charge is 0.227 e. The zero-order valence-corrected chi connectivity index (χ0v) is 18.3. The molecule has 0 aliphatic carbocycles. The molecule has 1 atom stereocenters. The van der Waals surface area contributed by atoms with E-state index >= 15 is 0 Å². The monoisotopic (exact) mass is 420 g/mol. The van der Waals surface area contributed by atoms with Gasteiger partial charge in [-0.2, -0.15) is 0 Å². The van der Waals surface area contributed by atoms with Crippen LogP contribution in [0.5, 0.6) is 0 Å². The van der Waals surface area contributed by atoms with Crippen molar-refractivity contribution in [3.8, 4) is 0 Å². The number of para-hydroxylation sites is 1. The van der Waals surface area contributed by atoms with Crippen molar-refractivity contribution in [3.63, 3.8) is 0 Å². The molecule has 156 valence electrons. The van der Waals surface area contributed by atoms with Gasteiger partial charge in [0.05, 0.1) is 5.92 Å². The predicted octanol–water partition coefficient (Wildman–Crippen LogP) is 4.17. The van der Waals surface area contributed by atoms with Gasteiger partial charge < -0.3 is 14.7 Å². The average molecular weight is 421 g/mol. The fourth-order valence-electron chi connectivity index (χ4n) is 4.85. The van der Waals surface area contributed by atoms with Crippen molar-refractivity contribution >= 4 is 38.8 Å². The van der Waals surface area contributed by atoms with E-state index in [1.807, 2.05) is 6.20 Å². The van der Waals surface area contributed by atoms with E-state index in [9.17, 15) is 4.79 Å². The number of benzene rings is 1. The van der Waals surface area contributed by atoms with E-state index in [0.29, 0.717) is 5.91 Å². The highest BCUT2D eigenvalue weighted by molar-refractivity contribution is 7.17. The molecule has 1 aromatic carbocycles. The number of nitrogens with zero attached hydrogens (tertiary/aromatic N) is 4. The highest BCUT2D eigenvalue weighted by Gasteiger charge is 2.32. The lowest BCUT2D eigenvalue weighted by atomic mass is 9.96. The summed E-state index contributed by atoms with van der Waals surface area (Å²) in [5.41, 5.74) is 2.60. The molecule has 3 aromatic rings. The summed E-state index contributed by atoms with van der Waals surface area (Å²) in [6.07, 6.45) is 3.92. The number of aryl methyl sites for hydroxylation is 1. The largest absolute Gasteiger partial charge is 0.368 e. The first-order chi connectivity index (χ1) is 14.7. The first kappa shape index (κ1) is 19.4. The number of thiophene rings is 1. The maximum absolute atomic E-state index is 13.3. The van der Waals surface area contributed by atoms with Crippen LogP contribution in [0.3, 0.4) is 0 Å². The number of aromatic nitrogens is 1. The van der Waals surface area contributed by atoms with Crippen molar-refractivity contribution in [2.45, 2.75) is 19.8 Å². The van der Waals surface area contributed by atoms with Gasteiger partial charge in [0.25, 0.3) is 0 Å². The zero-order valence-electron chi connectivity index (χ0n) is 17.5. The number of hydrogen-bond acceptors (Lipinski definition) is 5. The minimum Gasteiger partial charge on any atom is -0.368 e. The Morgan fingerprint density at radius 1 is 1.03 bits per heavy atom. The molecule has 2 aromatic heterocycles. The predicted molar refractivity (Wildman–Crippen MR) is 125 cm³/mol. The molecule has 5 rings (SSSR count). The highest BCUT2D eigenvalue weighted by Crippen LogP contribution is 2.32. The van der Waals surface area contributed by atoms with E-state index in [1.165, 1.54) is 21.3 Å². The second kappa shape index (κ2) is 8.26. The highest BCUT2D eigenvalue weighted by atomic mass is 32.1. The molecular formula is C24H28N4OS. The van der Waals surface area contributed by atoms with Crippen molar-refractivity contribution in [3.05, 3.63) is 53.5 Å². The third-order valence-electron chi connectivity index (χ3n) is 6.48. The fourth-order valence-corrected chi connectivity index (χ4v) is 5.62.